The molecule has 0 aromatic carbocycles. The van der Waals surface area contributed by atoms with E-state index in [-0.39, 0.29) is 0 Å². The van der Waals surface area contributed by atoms with Gasteiger partial charge in [0.2, 0.25) is 0 Å². The van der Waals surface area contributed by atoms with Crippen molar-refractivity contribution >= 4 is 17.8 Å². The van der Waals surface area contributed by atoms with Crippen molar-refractivity contribution in [3.05, 3.63) is 0 Å². The highest BCUT2D eigenvalue weighted by molar-refractivity contribution is 6.18. The smallest absolute Gasteiger partial charge is 0.0273 e. The molecule has 0 heterocycles. The van der Waals surface area contributed by atoms with Crippen LogP contribution < -0.4 is 0 Å². The first kappa shape index (κ1) is 5.96. The molecular weight excluding hydrogens is 97.5 g/mol. The van der Waals surface area contributed by atoms with E-state index >= 15 is 0 Å². The summed E-state index contributed by atoms with van der Waals surface area (Å²) in [6.07, 6.45) is 2.69. The van der Waals surface area contributed by atoms with Gasteiger partial charge in [-0.05, 0) is 12.6 Å². The molecule has 0 radical (unpaired) electrons. The molecule has 0 aromatic heterocycles. The third-order valence-electron chi connectivity index (χ3n) is 0.421. The summed E-state index contributed by atoms with van der Waals surface area (Å²) in [6, 6.07) is 0. The monoisotopic (exact) mass is 105 g/mol. The zero-order valence-corrected chi connectivity index (χ0v) is 4.57. The first-order valence-electron chi connectivity index (χ1n) is 1.88. The maximum Gasteiger partial charge on any atom is 0.0273 e. The second kappa shape index (κ2) is 4.96. The maximum atomic E-state index is 5.29. The Hall–Kier alpha value is -0.0400. The van der Waals surface area contributed by atoms with E-state index in [0.29, 0.717) is 5.88 Å². The molecule has 36 valence electrons. The fraction of sp³-hybridized carbons (Fsp3) is 0.750. The van der Waals surface area contributed by atoms with Crippen molar-refractivity contribution in [2.24, 2.45) is 4.99 Å². The molecule has 0 amide bonds. The first-order chi connectivity index (χ1) is 2.91. The molecule has 1 nitrogen and oxygen atoms in total. The van der Waals surface area contributed by atoms with Gasteiger partial charge in [-0.1, -0.05) is 0 Å². The molecule has 0 N–H and O–H groups in total. The minimum absolute atomic E-state index is 0.678. The lowest BCUT2D eigenvalue weighted by Gasteiger charge is -1.74. The van der Waals surface area contributed by atoms with Gasteiger partial charge in [-0.25, -0.2) is 0 Å². The molecule has 0 spiro atoms. The average Bonchev–Trinajstić information content (AvgIpc) is 1.61. The van der Waals surface area contributed by atoms with Gasteiger partial charge in [0.25, 0.3) is 0 Å². The van der Waals surface area contributed by atoms with Crippen LogP contribution in [0.1, 0.15) is 6.42 Å². The van der Waals surface area contributed by atoms with Crippen molar-refractivity contribution in [2.75, 3.05) is 12.9 Å². The zero-order chi connectivity index (χ0) is 4.83. The van der Waals surface area contributed by atoms with Crippen molar-refractivity contribution in [3.63, 3.8) is 0 Å². The van der Waals surface area contributed by atoms with Crippen molar-refractivity contribution < 1.29 is 0 Å². The second-order valence-electron chi connectivity index (χ2n) is 0.918. The number of hydrogen-bond acceptors (Lipinski definition) is 1. The highest BCUT2D eigenvalue weighted by Crippen LogP contribution is 1.76. The van der Waals surface area contributed by atoms with Gasteiger partial charge < -0.3 is 4.99 Å². The minimum atomic E-state index is 0.678. The normalized spacial score (nSPS) is 10.3. The summed E-state index contributed by atoms with van der Waals surface area (Å²) < 4.78 is 0. The summed E-state index contributed by atoms with van der Waals surface area (Å²) >= 11 is 5.29. The minimum Gasteiger partial charge on any atom is -0.301 e. The molecule has 2 heteroatoms. The van der Waals surface area contributed by atoms with E-state index in [0.717, 1.165) is 6.42 Å². The Labute approximate surface area is 43.0 Å². The number of hydrogen-bond donors (Lipinski definition) is 0. The fourth-order valence-corrected chi connectivity index (χ4v) is 0.275. The molecule has 0 atom stereocenters. The third-order valence-corrected chi connectivity index (χ3v) is 0.639. The molecule has 0 aromatic rings. The predicted molar refractivity (Wildman–Crippen MR) is 29.8 cm³/mol. The average molecular weight is 106 g/mol. The lowest BCUT2D eigenvalue weighted by atomic mass is 10.5. The molecule has 0 rings (SSSR count). The molecule has 0 saturated carbocycles. The van der Waals surface area contributed by atoms with Crippen molar-refractivity contribution in [1.82, 2.24) is 0 Å². The van der Waals surface area contributed by atoms with Crippen LogP contribution in [0.4, 0.5) is 0 Å². The molecule has 0 bridgehead atoms. The first-order valence-corrected chi connectivity index (χ1v) is 2.42. The molecule has 6 heavy (non-hydrogen) atoms. The largest absolute Gasteiger partial charge is 0.301 e. The number of halogens is 1. The van der Waals surface area contributed by atoms with Gasteiger partial charge in [0.15, 0.2) is 0 Å². The van der Waals surface area contributed by atoms with E-state index in [1.807, 2.05) is 0 Å². The van der Waals surface area contributed by atoms with Gasteiger partial charge >= 0.3 is 0 Å². The summed E-state index contributed by atoms with van der Waals surface area (Å²) in [5, 5.41) is 0. The van der Waals surface area contributed by atoms with E-state index < -0.39 is 0 Å². The summed E-state index contributed by atoms with van der Waals surface area (Å²) in [6.45, 7) is 0. The van der Waals surface area contributed by atoms with Crippen LogP contribution in [0.3, 0.4) is 0 Å². The predicted octanol–water partition coefficient (Wildman–Crippen LogP) is 1.32. The van der Waals surface area contributed by atoms with Gasteiger partial charge in [-0.3, -0.25) is 0 Å². The number of aliphatic imine (C=N–C) groups is 1. The second-order valence-corrected chi connectivity index (χ2v) is 1.30. The SMILES string of the molecule is CN=CCCCl. The Kier molecular flexibility index (Phi) is 4.93. The van der Waals surface area contributed by atoms with Crippen LogP contribution in [0.5, 0.6) is 0 Å². The van der Waals surface area contributed by atoms with Crippen LogP contribution >= 0.6 is 11.6 Å². The Balaban J connectivity index is 2.66. The van der Waals surface area contributed by atoms with Gasteiger partial charge in [-0.2, -0.15) is 0 Å². The van der Waals surface area contributed by atoms with Crippen LogP contribution in [-0.2, 0) is 0 Å². The molecule has 0 unspecified atom stereocenters. The third kappa shape index (κ3) is 3.96. The Bertz CT molecular complexity index is 42.8. The molecule has 0 aliphatic heterocycles. The van der Waals surface area contributed by atoms with E-state index in [4.69, 9.17) is 11.6 Å². The quantitative estimate of drug-likeness (QED) is 0.371. The lowest BCUT2D eigenvalue weighted by molar-refractivity contribution is 1.30. The number of alkyl halides is 1. The van der Waals surface area contributed by atoms with Gasteiger partial charge in [0.1, 0.15) is 0 Å². The Morgan fingerprint density at radius 1 is 1.83 bits per heavy atom. The van der Waals surface area contributed by atoms with Crippen LogP contribution in [-0.4, -0.2) is 19.1 Å². The van der Waals surface area contributed by atoms with Crippen molar-refractivity contribution in [2.45, 2.75) is 6.42 Å². The molecule has 0 aliphatic carbocycles. The van der Waals surface area contributed by atoms with E-state index in [9.17, 15) is 0 Å². The lowest BCUT2D eigenvalue weighted by Crippen LogP contribution is -1.72. The maximum absolute atomic E-state index is 5.29. The van der Waals surface area contributed by atoms with Crippen molar-refractivity contribution in [1.29, 1.82) is 0 Å². The fourth-order valence-electron chi connectivity index (χ4n) is 0.178. The molecular formula is C4H8ClN. The summed E-state index contributed by atoms with van der Waals surface area (Å²) in [4.78, 5) is 3.72. The van der Waals surface area contributed by atoms with Crippen LogP contribution in [0.25, 0.3) is 0 Å². The summed E-state index contributed by atoms with van der Waals surface area (Å²) in [7, 11) is 1.74. The van der Waals surface area contributed by atoms with Crippen molar-refractivity contribution in [3.8, 4) is 0 Å². The van der Waals surface area contributed by atoms with E-state index in [2.05, 4.69) is 4.99 Å². The van der Waals surface area contributed by atoms with Crippen LogP contribution in [0.2, 0.25) is 0 Å². The highest BCUT2D eigenvalue weighted by Gasteiger charge is 1.68. The van der Waals surface area contributed by atoms with Crippen LogP contribution in [0, 0.1) is 0 Å². The molecule has 0 saturated heterocycles. The zero-order valence-electron chi connectivity index (χ0n) is 3.82. The standard InChI is InChI=1S/C4H8ClN/c1-6-4-2-3-5/h4H,2-3H2,1H3. The summed E-state index contributed by atoms with van der Waals surface area (Å²) in [5.74, 6) is 0.678. The molecule has 0 aliphatic rings. The van der Waals surface area contributed by atoms with Gasteiger partial charge in [0, 0.05) is 12.9 Å². The van der Waals surface area contributed by atoms with E-state index in [1.54, 1.807) is 13.3 Å². The highest BCUT2D eigenvalue weighted by atomic mass is 35.5. The summed E-state index contributed by atoms with van der Waals surface area (Å²) in [5.41, 5.74) is 0. The topological polar surface area (TPSA) is 12.4 Å². The Morgan fingerprint density at radius 3 is 2.67 bits per heavy atom. The van der Waals surface area contributed by atoms with Crippen LogP contribution in [0.15, 0.2) is 4.99 Å². The number of nitrogens with zero attached hydrogens (tertiary/aromatic N) is 1. The Morgan fingerprint density at radius 2 is 2.50 bits per heavy atom. The van der Waals surface area contributed by atoms with E-state index in [1.165, 1.54) is 0 Å². The number of rotatable bonds is 2. The van der Waals surface area contributed by atoms with Gasteiger partial charge in [-0.15, -0.1) is 11.6 Å². The van der Waals surface area contributed by atoms with Gasteiger partial charge in [0.05, 0.1) is 0 Å². The molecule has 0 fully saturated rings.